The molecule has 4 rings (SSSR count). The molecular weight excluding hydrogens is 469 g/mol. The number of amides is 1. The van der Waals surface area contributed by atoms with Crippen LogP contribution in [-0.4, -0.2) is 40.7 Å². The fraction of sp³-hybridized carbons (Fsp3) is 0.346. The van der Waals surface area contributed by atoms with Gasteiger partial charge in [0.2, 0.25) is 0 Å². The second-order valence-corrected chi connectivity index (χ2v) is 8.87. The van der Waals surface area contributed by atoms with Gasteiger partial charge in [-0.3, -0.25) is 9.78 Å². The van der Waals surface area contributed by atoms with Gasteiger partial charge in [0.15, 0.2) is 5.82 Å². The number of benzene rings is 1. The van der Waals surface area contributed by atoms with Crippen LogP contribution in [-0.2, 0) is 6.18 Å². The molecule has 1 aromatic carbocycles. The number of nitriles is 1. The minimum Gasteiger partial charge on any atom is -0.355 e. The van der Waals surface area contributed by atoms with E-state index in [1.807, 2.05) is 26.0 Å². The Bertz CT molecular complexity index is 1290. The molecule has 0 bridgehead atoms. The summed E-state index contributed by atoms with van der Waals surface area (Å²) in [5, 5.41) is 20.6. The van der Waals surface area contributed by atoms with Crippen LogP contribution in [0.25, 0.3) is 11.3 Å². The summed E-state index contributed by atoms with van der Waals surface area (Å²) in [4.78, 5) is 18.2. The zero-order valence-electron chi connectivity index (χ0n) is 19.9. The molecule has 7 nitrogen and oxygen atoms in total. The summed E-state index contributed by atoms with van der Waals surface area (Å²) in [5.74, 6) is 0.176. The van der Waals surface area contributed by atoms with Crippen molar-refractivity contribution in [3.63, 3.8) is 0 Å². The molecule has 1 aliphatic rings. The summed E-state index contributed by atoms with van der Waals surface area (Å²) in [6.45, 7) is 5.70. The SMILES string of the molecule is Cc1c(-c2ccc(C#N)cc2)nnc(N2CCC(CNC(=O)c3cnccc3C(F)(F)F)CC2)c1C. The number of alkyl halides is 3. The molecule has 3 heterocycles. The third-order valence-electron chi connectivity index (χ3n) is 6.62. The third-order valence-corrected chi connectivity index (χ3v) is 6.62. The molecule has 0 saturated carbocycles. The van der Waals surface area contributed by atoms with E-state index in [2.05, 4.69) is 31.5 Å². The van der Waals surface area contributed by atoms with Gasteiger partial charge in [0, 0.05) is 37.6 Å². The van der Waals surface area contributed by atoms with Crippen molar-refractivity contribution >= 4 is 11.7 Å². The fourth-order valence-electron chi connectivity index (χ4n) is 4.37. The van der Waals surface area contributed by atoms with E-state index in [1.165, 1.54) is 0 Å². The number of nitrogens with zero attached hydrogens (tertiary/aromatic N) is 5. The predicted octanol–water partition coefficient (Wildman–Crippen LogP) is 4.69. The van der Waals surface area contributed by atoms with Gasteiger partial charge in [-0.2, -0.15) is 18.4 Å². The molecule has 1 aliphatic heterocycles. The lowest BCUT2D eigenvalue weighted by atomic mass is 9.95. The first kappa shape index (κ1) is 25.1. The Morgan fingerprint density at radius 1 is 1.11 bits per heavy atom. The van der Waals surface area contributed by atoms with Crippen LogP contribution >= 0.6 is 0 Å². The van der Waals surface area contributed by atoms with Crippen LogP contribution in [0.5, 0.6) is 0 Å². The van der Waals surface area contributed by atoms with Crippen LogP contribution in [0.1, 0.15) is 45.5 Å². The average molecular weight is 495 g/mol. The summed E-state index contributed by atoms with van der Waals surface area (Å²) in [7, 11) is 0. The molecule has 0 unspecified atom stereocenters. The Labute approximate surface area is 207 Å². The van der Waals surface area contributed by atoms with Crippen molar-refractivity contribution in [1.29, 1.82) is 5.26 Å². The number of hydrogen-bond donors (Lipinski definition) is 1. The van der Waals surface area contributed by atoms with Gasteiger partial charge < -0.3 is 10.2 Å². The Morgan fingerprint density at radius 3 is 2.44 bits per heavy atom. The maximum absolute atomic E-state index is 13.2. The summed E-state index contributed by atoms with van der Waals surface area (Å²) in [6, 6.07) is 10.1. The van der Waals surface area contributed by atoms with Gasteiger partial charge in [0.1, 0.15) is 0 Å². The van der Waals surface area contributed by atoms with E-state index in [1.54, 1.807) is 12.1 Å². The minimum atomic E-state index is -4.62. The second-order valence-electron chi connectivity index (χ2n) is 8.87. The monoisotopic (exact) mass is 494 g/mol. The molecule has 1 fully saturated rings. The van der Waals surface area contributed by atoms with Crippen molar-refractivity contribution < 1.29 is 18.0 Å². The molecule has 2 aromatic heterocycles. The van der Waals surface area contributed by atoms with Crippen LogP contribution < -0.4 is 10.2 Å². The van der Waals surface area contributed by atoms with E-state index in [0.29, 0.717) is 25.2 Å². The largest absolute Gasteiger partial charge is 0.417 e. The normalized spacial score (nSPS) is 14.4. The lowest BCUT2D eigenvalue weighted by molar-refractivity contribution is -0.138. The van der Waals surface area contributed by atoms with E-state index >= 15 is 0 Å². The molecule has 0 spiro atoms. The van der Waals surface area contributed by atoms with Crippen LogP contribution in [0.4, 0.5) is 19.0 Å². The van der Waals surface area contributed by atoms with Crippen LogP contribution in [0.3, 0.4) is 0 Å². The molecule has 1 N–H and O–H groups in total. The number of piperidine rings is 1. The molecule has 1 amide bonds. The van der Waals surface area contributed by atoms with Crippen molar-refractivity contribution in [3.05, 3.63) is 70.5 Å². The summed E-state index contributed by atoms with van der Waals surface area (Å²) < 4.78 is 39.6. The van der Waals surface area contributed by atoms with Gasteiger partial charge in [-0.25, -0.2) is 0 Å². The fourth-order valence-corrected chi connectivity index (χ4v) is 4.37. The van der Waals surface area contributed by atoms with E-state index in [4.69, 9.17) is 5.26 Å². The van der Waals surface area contributed by atoms with E-state index < -0.39 is 23.2 Å². The molecule has 10 heteroatoms. The predicted molar refractivity (Wildman–Crippen MR) is 128 cm³/mol. The van der Waals surface area contributed by atoms with Crippen molar-refractivity contribution in [3.8, 4) is 17.3 Å². The van der Waals surface area contributed by atoms with Crippen molar-refractivity contribution in [2.75, 3.05) is 24.5 Å². The second kappa shape index (κ2) is 10.3. The number of nitrogens with one attached hydrogen (secondary N) is 1. The number of carbonyl (C=O) groups excluding carboxylic acids is 1. The van der Waals surface area contributed by atoms with Crippen LogP contribution in [0.2, 0.25) is 0 Å². The molecule has 3 aromatic rings. The van der Waals surface area contributed by atoms with E-state index in [-0.39, 0.29) is 5.92 Å². The highest BCUT2D eigenvalue weighted by Crippen LogP contribution is 2.32. The first-order chi connectivity index (χ1) is 17.2. The Hall–Kier alpha value is -4.00. The zero-order chi connectivity index (χ0) is 25.9. The van der Waals surface area contributed by atoms with Gasteiger partial charge in [0.05, 0.1) is 28.5 Å². The molecular formula is C26H25F3N6O. The number of rotatable bonds is 5. The Kier molecular flexibility index (Phi) is 7.20. The number of pyridine rings is 1. The molecule has 0 atom stereocenters. The van der Waals surface area contributed by atoms with Gasteiger partial charge in [-0.15, -0.1) is 10.2 Å². The van der Waals surface area contributed by atoms with Gasteiger partial charge in [-0.05, 0) is 61.9 Å². The van der Waals surface area contributed by atoms with Gasteiger partial charge in [-0.1, -0.05) is 12.1 Å². The molecule has 0 aliphatic carbocycles. The van der Waals surface area contributed by atoms with E-state index in [0.717, 1.165) is 59.5 Å². The zero-order valence-corrected chi connectivity index (χ0v) is 19.9. The van der Waals surface area contributed by atoms with Crippen molar-refractivity contribution in [2.24, 2.45) is 5.92 Å². The Balaban J connectivity index is 1.37. The molecule has 36 heavy (non-hydrogen) atoms. The van der Waals surface area contributed by atoms with Gasteiger partial charge >= 0.3 is 6.18 Å². The lowest BCUT2D eigenvalue weighted by Gasteiger charge is -2.33. The smallest absolute Gasteiger partial charge is 0.355 e. The van der Waals surface area contributed by atoms with Gasteiger partial charge in [0.25, 0.3) is 5.91 Å². The minimum absolute atomic E-state index is 0.142. The van der Waals surface area contributed by atoms with Crippen molar-refractivity contribution in [2.45, 2.75) is 32.9 Å². The number of aromatic nitrogens is 3. The number of hydrogen-bond acceptors (Lipinski definition) is 6. The third kappa shape index (κ3) is 5.30. The highest BCUT2D eigenvalue weighted by molar-refractivity contribution is 5.95. The standard InChI is InChI=1S/C26H25F3N6O/c1-16-17(2)24(34-33-23(16)20-5-3-18(13-30)4-6-20)35-11-8-19(9-12-35)14-32-25(36)21-15-31-10-7-22(21)26(27,28)29/h3-7,10,15,19H,8-9,11-12,14H2,1-2H3,(H,32,36). The van der Waals surface area contributed by atoms with Crippen LogP contribution in [0, 0.1) is 31.1 Å². The maximum atomic E-state index is 13.2. The first-order valence-corrected chi connectivity index (χ1v) is 11.6. The van der Waals surface area contributed by atoms with Crippen molar-refractivity contribution in [1.82, 2.24) is 20.5 Å². The Morgan fingerprint density at radius 2 is 1.81 bits per heavy atom. The molecule has 1 saturated heterocycles. The average Bonchev–Trinajstić information content (AvgIpc) is 2.89. The highest BCUT2D eigenvalue weighted by Gasteiger charge is 2.35. The summed E-state index contributed by atoms with van der Waals surface area (Å²) in [5.41, 5.74) is 2.82. The van der Waals surface area contributed by atoms with E-state index in [9.17, 15) is 18.0 Å². The summed E-state index contributed by atoms with van der Waals surface area (Å²) in [6.07, 6.45) is -1.12. The number of anilines is 1. The van der Waals surface area contributed by atoms with Crippen LogP contribution in [0.15, 0.2) is 42.7 Å². The molecule has 186 valence electrons. The first-order valence-electron chi connectivity index (χ1n) is 11.6. The topological polar surface area (TPSA) is 94.8 Å². The lowest BCUT2D eigenvalue weighted by Crippen LogP contribution is -2.39. The number of carbonyl (C=O) groups is 1. The molecule has 0 radical (unpaired) electrons. The maximum Gasteiger partial charge on any atom is 0.417 e. The quantitative estimate of drug-likeness (QED) is 0.553. The summed E-state index contributed by atoms with van der Waals surface area (Å²) >= 11 is 0. The highest BCUT2D eigenvalue weighted by atomic mass is 19.4. The number of halogens is 3.